The molecule has 3 nitrogen and oxygen atoms in total. The fourth-order valence-corrected chi connectivity index (χ4v) is 1.26. The second-order valence-electron chi connectivity index (χ2n) is 3.05. The van der Waals surface area contributed by atoms with E-state index < -0.39 is 12.6 Å². The fourth-order valence-electron chi connectivity index (χ4n) is 1.26. The molecule has 0 aliphatic heterocycles. The maximum atomic E-state index is 12.8. The standard InChI is InChI=1S/C10H11FO3/c1-6-3-8(11)4-7(2)10(6)14-5-9(12)13/h3-4H,5H2,1-2H3,(H,12,13). The van der Waals surface area contributed by atoms with E-state index in [0.29, 0.717) is 16.9 Å². The summed E-state index contributed by atoms with van der Waals surface area (Å²) in [5.74, 6) is -0.954. The van der Waals surface area contributed by atoms with E-state index in [-0.39, 0.29) is 5.82 Å². The average molecular weight is 198 g/mol. The minimum absolute atomic E-state index is 0.345. The van der Waals surface area contributed by atoms with Crippen LogP contribution in [-0.4, -0.2) is 17.7 Å². The van der Waals surface area contributed by atoms with E-state index in [0.717, 1.165) is 0 Å². The van der Waals surface area contributed by atoms with Gasteiger partial charge in [-0.1, -0.05) is 0 Å². The Morgan fingerprint density at radius 1 is 1.43 bits per heavy atom. The Hall–Kier alpha value is -1.58. The predicted octanol–water partition coefficient (Wildman–Crippen LogP) is 1.91. The fraction of sp³-hybridized carbons (Fsp3) is 0.300. The van der Waals surface area contributed by atoms with Crippen LogP contribution in [0.15, 0.2) is 12.1 Å². The molecule has 76 valence electrons. The first kappa shape index (κ1) is 10.5. The first-order chi connectivity index (χ1) is 6.50. The molecule has 0 saturated carbocycles. The molecule has 0 fully saturated rings. The molecule has 1 N–H and O–H groups in total. The second kappa shape index (κ2) is 4.09. The van der Waals surface area contributed by atoms with E-state index in [9.17, 15) is 9.18 Å². The van der Waals surface area contributed by atoms with Gasteiger partial charge in [0.25, 0.3) is 0 Å². The number of hydrogen-bond donors (Lipinski definition) is 1. The highest BCUT2D eigenvalue weighted by molar-refractivity contribution is 5.68. The number of carboxylic acids is 1. The zero-order chi connectivity index (χ0) is 10.7. The second-order valence-corrected chi connectivity index (χ2v) is 3.05. The lowest BCUT2D eigenvalue weighted by molar-refractivity contribution is -0.139. The van der Waals surface area contributed by atoms with Crippen molar-refractivity contribution in [3.63, 3.8) is 0 Å². The number of halogens is 1. The number of carbonyl (C=O) groups is 1. The SMILES string of the molecule is Cc1cc(F)cc(C)c1OCC(=O)O. The van der Waals surface area contributed by atoms with Crippen molar-refractivity contribution in [2.45, 2.75) is 13.8 Å². The summed E-state index contributed by atoms with van der Waals surface area (Å²) in [6.45, 7) is 2.94. The molecule has 1 rings (SSSR count). The number of aryl methyl sites for hydroxylation is 2. The monoisotopic (exact) mass is 198 g/mol. The van der Waals surface area contributed by atoms with Crippen molar-refractivity contribution in [2.75, 3.05) is 6.61 Å². The molecule has 0 saturated heterocycles. The van der Waals surface area contributed by atoms with Gasteiger partial charge in [-0.15, -0.1) is 0 Å². The highest BCUT2D eigenvalue weighted by atomic mass is 19.1. The summed E-state index contributed by atoms with van der Waals surface area (Å²) in [6, 6.07) is 2.62. The number of hydrogen-bond acceptors (Lipinski definition) is 2. The molecule has 0 aromatic heterocycles. The summed E-state index contributed by atoms with van der Waals surface area (Å²) < 4.78 is 17.9. The molecule has 0 aliphatic rings. The van der Waals surface area contributed by atoms with Gasteiger partial charge >= 0.3 is 5.97 Å². The molecule has 0 radical (unpaired) electrons. The molecule has 0 aliphatic carbocycles. The van der Waals surface area contributed by atoms with Crippen LogP contribution in [0.3, 0.4) is 0 Å². The summed E-state index contributed by atoms with van der Waals surface area (Å²) in [5.41, 5.74) is 1.20. The minimum Gasteiger partial charge on any atom is -0.481 e. The molecule has 14 heavy (non-hydrogen) atoms. The van der Waals surface area contributed by atoms with Gasteiger partial charge in [-0.05, 0) is 37.1 Å². The van der Waals surface area contributed by atoms with Gasteiger partial charge in [0.05, 0.1) is 0 Å². The third-order valence-electron chi connectivity index (χ3n) is 1.77. The van der Waals surface area contributed by atoms with Gasteiger partial charge in [0, 0.05) is 0 Å². The first-order valence-electron chi connectivity index (χ1n) is 4.12. The van der Waals surface area contributed by atoms with Gasteiger partial charge in [0.2, 0.25) is 0 Å². The van der Waals surface area contributed by atoms with Crippen LogP contribution in [0.1, 0.15) is 11.1 Å². The maximum absolute atomic E-state index is 12.8. The highest BCUT2D eigenvalue weighted by Gasteiger charge is 2.07. The molecule has 0 atom stereocenters. The van der Waals surface area contributed by atoms with Crippen molar-refractivity contribution in [1.29, 1.82) is 0 Å². The van der Waals surface area contributed by atoms with Crippen molar-refractivity contribution < 1.29 is 19.0 Å². The molecule has 0 bridgehead atoms. The zero-order valence-electron chi connectivity index (χ0n) is 8.00. The Morgan fingerprint density at radius 3 is 2.36 bits per heavy atom. The average Bonchev–Trinajstić information content (AvgIpc) is 2.01. The molecule has 1 aromatic rings. The Labute approximate surface area is 81.1 Å². The minimum atomic E-state index is -1.05. The first-order valence-corrected chi connectivity index (χ1v) is 4.12. The molecule has 0 amide bonds. The highest BCUT2D eigenvalue weighted by Crippen LogP contribution is 2.23. The molecule has 4 heteroatoms. The predicted molar refractivity (Wildman–Crippen MR) is 49.0 cm³/mol. The van der Waals surface area contributed by atoms with E-state index >= 15 is 0 Å². The van der Waals surface area contributed by atoms with E-state index in [1.54, 1.807) is 13.8 Å². The van der Waals surface area contributed by atoms with Crippen LogP contribution in [-0.2, 0) is 4.79 Å². The Balaban J connectivity index is 2.91. The van der Waals surface area contributed by atoms with Crippen LogP contribution in [0.2, 0.25) is 0 Å². The number of benzene rings is 1. The van der Waals surface area contributed by atoms with E-state index in [1.165, 1.54) is 12.1 Å². The van der Waals surface area contributed by atoms with Crippen LogP contribution in [0.5, 0.6) is 5.75 Å². The summed E-state index contributed by atoms with van der Waals surface area (Å²) in [4.78, 5) is 10.3. The number of rotatable bonds is 3. The van der Waals surface area contributed by atoms with Gasteiger partial charge in [0.1, 0.15) is 11.6 Å². The van der Waals surface area contributed by atoms with E-state index in [1.807, 2.05) is 0 Å². The Kier molecular flexibility index (Phi) is 3.06. The molecule has 0 heterocycles. The van der Waals surface area contributed by atoms with Crippen LogP contribution >= 0.6 is 0 Å². The van der Waals surface area contributed by atoms with Gasteiger partial charge < -0.3 is 9.84 Å². The number of ether oxygens (including phenoxy) is 1. The Morgan fingerprint density at radius 2 is 1.93 bits per heavy atom. The molecule has 0 unspecified atom stereocenters. The normalized spacial score (nSPS) is 9.93. The van der Waals surface area contributed by atoms with Gasteiger partial charge in [-0.25, -0.2) is 9.18 Å². The Bertz CT molecular complexity index is 337. The molecule has 1 aromatic carbocycles. The van der Waals surface area contributed by atoms with Crippen molar-refractivity contribution >= 4 is 5.97 Å². The molecular formula is C10H11FO3. The van der Waals surface area contributed by atoms with E-state index in [2.05, 4.69) is 0 Å². The smallest absolute Gasteiger partial charge is 0.341 e. The van der Waals surface area contributed by atoms with E-state index in [4.69, 9.17) is 9.84 Å². The largest absolute Gasteiger partial charge is 0.481 e. The zero-order valence-corrected chi connectivity index (χ0v) is 8.00. The van der Waals surface area contributed by atoms with Crippen LogP contribution < -0.4 is 4.74 Å². The van der Waals surface area contributed by atoms with Gasteiger partial charge in [-0.3, -0.25) is 0 Å². The summed E-state index contributed by atoms with van der Waals surface area (Å²) in [7, 11) is 0. The van der Waals surface area contributed by atoms with Crippen molar-refractivity contribution in [1.82, 2.24) is 0 Å². The third-order valence-corrected chi connectivity index (χ3v) is 1.77. The lowest BCUT2D eigenvalue weighted by Crippen LogP contribution is -2.11. The van der Waals surface area contributed by atoms with Crippen molar-refractivity contribution in [3.8, 4) is 5.75 Å². The summed E-state index contributed by atoms with van der Waals surface area (Å²) in [6.07, 6.45) is 0. The van der Waals surface area contributed by atoms with Crippen molar-refractivity contribution in [2.24, 2.45) is 0 Å². The van der Waals surface area contributed by atoms with Gasteiger partial charge in [0.15, 0.2) is 6.61 Å². The van der Waals surface area contributed by atoms with Gasteiger partial charge in [-0.2, -0.15) is 0 Å². The molecular weight excluding hydrogens is 187 g/mol. The quantitative estimate of drug-likeness (QED) is 0.806. The molecule has 0 spiro atoms. The summed E-state index contributed by atoms with van der Waals surface area (Å²) >= 11 is 0. The lowest BCUT2D eigenvalue weighted by Gasteiger charge is -2.10. The summed E-state index contributed by atoms with van der Waals surface area (Å²) in [5, 5.41) is 8.41. The maximum Gasteiger partial charge on any atom is 0.341 e. The van der Waals surface area contributed by atoms with Crippen LogP contribution in [0, 0.1) is 19.7 Å². The number of carboxylic acid groups (broad SMARTS) is 1. The van der Waals surface area contributed by atoms with Crippen molar-refractivity contribution in [3.05, 3.63) is 29.1 Å². The van der Waals surface area contributed by atoms with Crippen LogP contribution in [0.25, 0.3) is 0 Å². The number of aliphatic carboxylic acids is 1. The third kappa shape index (κ3) is 2.45. The van der Waals surface area contributed by atoms with Crippen LogP contribution in [0.4, 0.5) is 4.39 Å². The topological polar surface area (TPSA) is 46.5 Å². The lowest BCUT2D eigenvalue weighted by atomic mass is 10.1.